The number of Topliss-reactive ketones (excluding diaryl/α,β-unsaturated/α-hetero) is 1. The fourth-order valence-corrected chi connectivity index (χ4v) is 2.17. The molecule has 120 valence electrons. The third-order valence-corrected chi connectivity index (χ3v) is 3.38. The maximum absolute atomic E-state index is 12.4. The molecule has 0 unspecified atom stereocenters. The van der Waals surface area contributed by atoms with Gasteiger partial charge in [0.1, 0.15) is 5.75 Å². The number of benzene rings is 2. The Balaban J connectivity index is 2.29. The number of rotatable bonds is 6. The Morgan fingerprint density at radius 2 is 1.87 bits per heavy atom. The average molecular weight is 311 g/mol. The summed E-state index contributed by atoms with van der Waals surface area (Å²) in [6, 6.07) is 12.4. The zero-order valence-corrected chi connectivity index (χ0v) is 13.7. The van der Waals surface area contributed by atoms with Gasteiger partial charge in [0, 0.05) is 11.1 Å². The highest BCUT2D eigenvalue weighted by Gasteiger charge is 2.12. The summed E-state index contributed by atoms with van der Waals surface area (Å²) in [6.07, 6.45) is 0.861. The van der Waals surface area contributed by atoms with Gasteiger partial charge < -0.3 is 10.1 Å². The molecule has 2 aromatic carbocycles. The van der Waals surface area contributed by atoms with E-state index >= 15 is 0 Å². The van der Waals surface area contributed by atoms with Gasteiger partial charge in [0.25, 0.3) is 5.91 Å². The van der Waals surface area contributed by atoms with Crippen LogP contribution in [-0.4, -0.2) is 18.3 Å². The molecule has 0 heterocycles. The van der Waals surface area contributed by atoms with Crippen molar-refractivity contribution in [3.8, 4) is 5.75 Å². The van der Waals surface area contributed by atoms with E-state index in [9.17, 15) is 9.59 Å². The van der Waals surface area contributed by atoms with Crippen LogP contribution in [-0.2, 0) is 0 Å². The Morgan fingerprint density at radius 3 is 2.52 bits per heavy atom. The van der Waals surface area contributed by atoms with E-state index in [-0.39, 0.29) is 11.7 Å². The highest BCUT2D eigenvalue weighted by atomic mass is 16.5. The number of ketones is 1. The van der Waals surface area contributed by atoms with Crippen molar-refractivity contribution in [1.29, 1.82) is 0 Å². The summed E-state index contributed by atoms with van der Waals surface area (Å²) in [6.45, 7) is 5.98. The summed E-state index contributed by atoms with van der Waals surface area (Å²) in [7, 11) is 0. The molecule has 0 saturated carbocycles. The summed E-state index contributed by atoms with van der Waals surface area (Å²) in [4.78, 5) is 24.0. The molecule has 0 atom stereocenters. The molecule has 4 nitrogen and oxygen atoms in total. The van der Waals surface area contributed by atoms with Crippen LogP contribution in [0.4, 0.5) is 5.69 Å². The van der Waals surface area contributed by atoms with Crippen LogP contribution in [0.1, 0.15) is 46.5 Å². The first-order chi connectivity index (χ1) is 11.0. The van der Waals surface area contributed by atoms with E-state index in [1.54, 1.807) is 24.3 Å². The number of aryl methyl sites for hydroxylation is 1. The third kappa shape index (κ3) is 4.42. The van der Waals surface area contributed by atoms with Gasteiger partial charge in [0.05, 0.1) is 12.3 Å². The maximum atomic E-state index is 12.4. The van der Waals surface area contributed by atoms with E-state index < -0.39 is 0 Å². The molecule has 23 heavy (non-hydrogen) atoms. The minimum Gasteiger partial charge on any atom is -0.491 e. The fraction of sp³-hybridized carbons (Fsp3) is 0.263. The first kappa shape index (κ1) is 16.7. The number of ether oxygens (including phenoxy) is 1. The van der Waals surface area contributed by atoms with Crippen LogP contribution in [0.15, 0.2) is 42.5 Å². The van der Waals surface area contributed by atoms with Gasteiger partial charge in [-0.25, -0.2) is 0 Å². The molecular formula is C19H21NO3. The fourth-order valence-electron chi connectivity index (χ4n) is 2.17. The molecule has 2 aromatic rings. The Hall–Kier alpha value is -2.62. The molecule has 0 fully saturated rings. The minimum atomic E-state index is -0.226. The van der Waals surface area contributed by atoms with Crippen molar-refractivity contribution in [2.75, 3.05) is 11.9 Å². The molecule has 0 spiro atoms. The van der Waals surface area contributed by atoms with E-state index in [0.29, 0.717) is 29.2 Å². The lowest BCUT2D eigenvalue weighted by Gasteiger charge is -2.13. The molecule has 1 amide bonds. The van der Waals surface area contributed by atoms with E-state index in [1.807, 2.05) is 32.0 Å². The predicted molar refractivity (Wildman–Crippen MR) is 91.4 cm³/mol. The lowest BCUT2D eigenvalue weighted by molar-refractivity contribution is 0.101. The average Bonchev–Trinajstić information content (AvgIpc) is 2.53. The summed E-state index contributed by atoms with van der Waals surface area (Å²) < 4.78 is 5.66. The molecule has 0 aliphatic carbocycles. The number of hydrogen-bond acceptors (Lipinski definition) is 3. The van der Waals surface area contributed by atoms with Gasteiger partial charge in [0.15, 0.2) is 5.78 Å². The second-order valence-corrected chi connectivity index (χ2v) is 5.44. The van der Waals surface area contributed by atoms with Crippen molar-refractivity contribution < 1.29 is 14.3 Å². The van der Waals surface area contributed by atoms with Crippen LogP contribution in [0.5, 0.6) is 5.75 Å². The van der Waals surface area contributed by atoms with Crippen molar-refractivity contribution in [2.24, 2.45) is 0 Å². The largest absolute Gasteiger partial charge is 0.491 e. The van der Waals surface area contributed by atoms with Gasteiger partial charge in [0.2, 0.25) is 0 Å². The Labute approximate surface area is 136 Å². The van der Waals surface area contributed by atoms with Crippen LogP contribution >= 0.6 is 0 Å². The van der Waals surface area contributed by atoms with Gasteiger partial charge in [-0.2, -0.15) is 0 Å². The number of carbonyl (C=O) groups is 2. The number of carbonyl (C=O) groups excluding carboxylic acids is 2. The second kappa shape index (κ2) is 7.58. The molecule has 0 radical (unpaired) electrons. The maximum Gasteiger partial charge on any atom is 0.255 e. The molecule has 0 bridgehead atoms. The SMILES string of the molecule is CCCOc1ccc(C(C)=O)cc1NC(=O)c1cccc(C)c1. The van der Waals surface area contributed by atoms with E-state index in [0.717, 1.165) is 12.0 Å². The first-order valence-electron chi connectivity index (χ1n) is 7.67. The van der Waals surface area contributed by atoms with Crippen molar-refractivity contribution in [3.05, 3.63) is 59.2 Å². The molecule has 0 saturated heterocycles. The normalized spacial score (nSPS) is 10.2. The van der Waals surface area contributed by atoms with Crippen molar-refractivity contribution in [2.45, 2.75) is 27.2 Å². The van der Waals surface area contributed by atoms with Crippen LogP contribution in [0, 0.1) is 6.92 Å². The second-order valence-electron chi connectivity index (χ2n) is 5.44. The number of hydrogen-bond donors (Lipinski definition) is 1. The van der Waals surface area contributed by atoms with E-state index in [1.165, 1.54) is 6.92 Å². The molecular weight excluding hydrogens is 290 g/mol. The Morgan fingerprint density at radius 1 is 1.09 bits per heavy atom. The van der Waals surface area contributed by atoms with Gasteiger partial charge in [-0.3, -0.25) is 9.59 Å². The lowest BCUT2D eigenvalue weighted by Crippen LogP contribution is -2.14. The summed E-state index contributed by atoms with van der Waals surface area (Å²) in [5.41, 5.74) is 2.63. The smallest absolute Gasteiger partial charge is 0.255 e. The molecule has 0 aromatic heterocycles. The van der Waals surface area contributed by atoms with E-state index in [4.69, 9.17) is 4.74 Å². The summed E-state index contributed by atoms with van der Waals surface area (Å²) in [5, 5.41) is 2.84. The van der Waals surface area contributed by atoms with Crippen LogP contribution in [0.25, 0.3) is 0 Å². The van der Waals surface area contributed by atoms with Crippen LogP contribution in [0.3, 0.4) is 0 Å². The van der Waals surface area contributed by atoms with Gasteiger partial charge in [-0.15, -0.1) is 0 Å². The topological polar surface area (TPSA) is 55.4 Å². The van der Waals surface area contributed by atoms with Gasteiger partial charge in [-0.05, 0) is 50.6 Å². The first-order valence-corrected chi connectivity index (χ1v) is 7.67. The van der Waals surface area contributed by atoms with Crippen LogP contribution in [0.2, 0.25) is 0 Å². The monoisotopic (exact) mass is 311 g/mol. The zero-order chi connectivity index (χ0) is 16.8. The highest BCUT2D eigenvalue weighted by molar-refractivity contribution is 6.06. The Kier molecular flexibility index (Phi) is 5.52. The molecule has 2 rings (SSSR count). The van der Waals surface area contributed by atoms with Crippen molar-refractivity contribution in [3.63, 3.8) is 0 Å². The molecule has 1 N–H and O–H groups in total. The highest BCUT2D eigenvalue weighted by Crippen LogP contribution is 2.27. The van der Waals surface area contributed by atoms with Gasteiger partial charge in [-0.1, -0.05) is 24.6 Å². The summed E-state index contributed by atoms with van der Waals surface area (Å²) in [5.74, 6) is 0.284. The number of amides is 1. The minimum absolute atomic E-state index is 0.0573. The predicted octanol–water partition coefficient (Wildman–Crippen LogP) is 4.24. The quantitative estimate of drug-likeness (QED) is 0.812. The molecule has 0 aliphatic rings. The van der Waals surface area contributed by atoms with E-state index in [2.05, 4.69) is 5.32 Å². The standard InChI is InChI=1S/C19H21NO3/c1-4-10-23-18-9-8-15(14(3)21)12-17(18)20-19(22)16-7-5-6-13(2)11-16/h5-9,11-12H,4,10H2,1-3H3,(H,20,22). The lowest BCUT2D eigenvalue weighted by atomic mass is 10.1. The number of anilines is 1. The van der Waals surface area contributed by atoms with Gasteiger partial charge >= 0.3 is 0 Å². The Bertz CT molecular complexity index is 722. The summed E-state index contributed by atoms with van der Waals surface area (Å²) >= 11 is 0. The molecule has 4 heteroatoms. The zero-order valence-electron chi connectivity index (χ0n) is 13.7. The third-order valence-electron chi connectivity index (χ3n) is 3.38. The van der Waals surface area contributed by atoms with Crippen molar-refractivity contribution >= 4 is 17.4 Å². The number of nitrogens with one attached hydrogen (secondary N) is 1. The van der Waals surface area contributed by atoms with Crippen molar-refractivity contribution in [1.82, 2.24) is 0 Å². The molecule has 0 aliphatic heterocycles. The van der Waals surface area contributed by atoms with Crippen LogP contribution < -0.4 is 10.1 Å².